The van der Waals surface area contributed by atoms with E-state index in [1.807, 2.05) is 0 Å². The van der Waals surface area contributed by atoms with Crippen LogP contribution in [0.2, 0.25) is 0 Å². The molecule has 2 aromatic carbocycles. The van der Waals surface area contributed by atoms with E-state index in [2.05, 4.69) is 15.2 Å². The molecule has 0 radical (unpaired) electrons. The number of aliphatic hydroxyl groups excluding tert-OH is 1. The van der Waals surface area contributed by atoms with Crippen molar-refractivity contribution in [3.8, 4) is 11.5 Å². The zero-order chi connectivity index (χ0) is 17.2. The van der Waals surface area contributed by atoms with Crippen LogP contribution in [0.3, 0.4) is 0 Å². The largest absolute Gasteiger partial charge is 2.00 e. The second-order valence-corrected chi connectivity index (χ2v) is 4.65. The van der Waals surface area contributed by atoms with Crippen LogP contribution >= 0.6 is 0 Å². The third kappa shape index (κ3) is 6.83. The molecule has 130 valence electrons. The van der Waals surface area contributed by atoms with Crippen molar-refractivity contribution in [2.75, 3.05) is 0 Å². The Morgan fingerprint density at radius 2 is 1.20 bits per heavy atom. The summed E-state index contributed by atoms with van der Waals surface area (Å²) < 4.78 is 0. The van der Waals surface area contributed by atoms with Crippen molar-refractivity contribution in [2.24, 2.45) is 10.2 Å². The Morgan fingerprint density at radius 3 is 1.56 bits per heavy atom. The molecule has 25 heavy (non-hydrogen) atoms. The molecule has 1 aromatic heterocycles. The van der Waals surface area contributed by atoms with Crippen LogP contribution in [-0.2, 0) is 27.7 Å². The molecule has 0 saturated heterocycles. The van der Waals surface area contributed by atoms with Crippen molar-refractivity contribution in [1.82, 2.24) is 4.98 Å². The summed E-state index contributed by atoms with van der Waals surface area (Å²) in [7, 11) is 0. The molecule has 0 unspecified atom stereocenters. The summed E-state index contributed by atoms with van der Waals surface area (Å²) in [6, 6.07) is 16.1. The predicted molar refractivity (Wildman–Crippen MR) is 86.1 cm³/mol. The quantitative estimate of drug-likeness (QED) is 0.541. The van der Waals surface area contributed by atoms with Crippen LogP contribution in [0.25, 0.3) is 0 Å². The van der Waals surface area contributed by atoms with Gasteiger partial charge >= 0.3 is 21.1 Å². The van der Waals surface area contributed by atoms with Gasteiger partial charge in [-0.05, 0) is 29.8 Å². The van der Waals surface area contributed by atoms with Crippen LogP contribution in [-0.4, -0.2) is 10.1 Å². The first-order chi connectivity index (χ1) is 11.7. The fourth-order valence-electron chi connectivity index (χ4n) is 1.68. The van der Waals surface area contributed by atoms with Gasteiger partial charge in [0.05, 0.1) is 18.0 Å². The Balaban J connectivity index is 0.000000295. The molecule has 0 aliphatic rings. The maximum Gasteiger partial charge on any atom is 2.00 e. The molecule has 0 aliphatic carbocycles. The van der Waals surface area contributed by atoms with Crippen molar-refractivity contribution >= 4 is 11.4 Å². The maximum atomic E-state index is 11.3. The van der Waals surface area contributed by atoms with Gasteiger partial charge in [-0.15, -0.1) is 0 Å². The number of pyridine rings is 1. The minimum atomic E-state index is -0.213. The summed E-state index contributed by atoms with van der Waals surface area (Å²) in [6.45, 7) is 0.0997. The topological polar surface area (TPSA) is 104 Å². The van der Waals surface area contributed by atoms with Gasteiger partial charge in [0, 0.05) is 12.4 Å². The van der Waals surface area contributed by atoms with Crippen molar-refractivity contribution in [1.29, 1.82) is 0 Å². The molecule has 3 aromatic rings. The van der Waals surface area contributed by atoms with E-state index >= 15 is 0 Å². The number of hydrogen-bond donors (Lipinski definition) is 1. The van der Waals surface area contributed by atoms with E-state index < -0.39 is 0 Å². The van der Waals surface area contributed by atoms with Crippen LogP contribution < -0.4 is 10.2 Å². The molecular formula is C18H15N3O3Pt. The summed E-state index contributed by atoms with van der Waals surface area (Å²) >= 11 is 0. The Kier molecular flexibility index (Phi) is 9.07. The van der Waals surface area contributed by atoms with Gasteiger partial charge in [-0.1, -0.05) is 47.9 Å². The summed E-state index contributed by atoms with van der Waals surface area (Å²) in [5, 5.41) is 38.6. The SMILES string of the molecule is OCc1ccncc1.[O-]c1ccccc1N=Nc1ccccc1[O-].[Pt+2]. The zero-order valence-electron chi connectivity index (χ0n) is 13.1. The molecule has 0 amide bonds. The Labute approximate surface area is 159 Å². The van der Waals surface area contributed by atoms with Gasteiger partial charge in [0.25, 0.3) is 0 Å². The molecule has 0 aliphatic heterocycles. The molecule has 7 heteroatoms. The van der Waals surface area contributed by atoms with E-state index in [0.29, 0.717) is 0 Å². The Hall–Kier alpha value is -2.56. The van der Waals surface area contributed by atoms with E-state index in [0.717, 1.165) is 5.56 Å². The van der Waals surface area contributed by atoms with Gasteiger partial charge < -0.3 is 15.3 Å². The van der Waals surface area contributed by atoms with Crippen LogP contribution in [0.15, 0.2) is 83.3 Å². The third-order valence-corrected chi connectivity index (χ3v) is 2.93. The number of rotatable bonds is 3. The van der Waals surface area contributed by atoms with Crippen molar-refractivity contribution in [3.63, 3.8) is 0 Å². The molecule has 6 nitrogen and oxygen atoms in total. The zero-order valence-corrected chi connectivity index (χ0v) is 15.3. The number of para-hydroxylation sites is 2. The fraction of sp³-hybridized carbons (Fsp3) is 0.0556. The van der Waals surface area contributed by atoms with Crippen molar-refractivity contribution < 1.29 is 36.4 Å². The predicted octanol–water partition coefficient (Wildman–Crippen LogP) is 2.82. The summed E-state index contributed by atoms with van der Waals surface area (Å²) in [6.07, 6.45) is 3.32. The van der Waals surface area contributed by atoms with Crippen LogP contribution in [0.4, 0.5) is 11.4 Å². The minimum absolute atomic E-state index is 0. The van der Waals surface area contributed by atoms with Gasteiger partial charge in [0.1, 0.15) is 0 Å². The molecule has 0 spiro atoms. The summed E-state index contributed by atoms with van der Waals surface area (Å²) in [4.78, 5) is 3.78. The number of aromatic nitrogens is 1. The number of azo groups is 1. The van der Waals surface area contributed by atoms with E-state index in [-0.39, 0.29) is 50.5 Å². The normalized spacial score (nSPS) is 9.80. The van der Waals surface area contributed by atoms with E-state index in [1.54, 1.807) is 60.9 Å². The van der Waals surface area contributed by atoms with E-state index in [4.69, 9.17) is 5.11 Å². The number of benzene rings is 2. The van der Waals surface area contributed by atoms with E-state index in [1.165, 1.54) is 12.1 Å². The van der Waals surface area contributed by atoms with Crippen LogP contribution in [0.5, 0.6) is 11.5 Å². The van der Waals surface area contributed by atoms with Gasteiger partial charge in [0.2, 0.25) is 0 Å². The maximum absolute atomic E-state index is 11.3. The van der Waals surface area contributed by atoms with Gasteiger partial charge in [-0.25, -0.2) is 0 Å². The molecule has 1 N–H and O–H groups in total. The standard InChI is InChI=1S/C12H10N2O2.C6H7NO.Pt/c15-11-7-3-1-5-9(11)13-14-10-6-2-4-8-12(10)16;8-5-6-1-3-7-4-2-6;/h1-8,15-16H;1-4,8H,5H2;/q;;+2/p-2. The molecule has 3 rings (SSSR count). The first-order valence-corrected chi connectivity index (χ1v) is 7.14. The number of hydrogen-bond acceptors (Lipinski definition) is 6. The monoisotopic (exact) mass is 516 g/mol. The average Bonchev–Trinajstić information content (AvgIpc) is 2.63. The third-order valence-electron chi connectivity index (χ3n) is 2.93. The number of nitrogens with zero attached hydrogens (tertiary/aromatic N) is 3. The summed E-state index contributed by atoms with van der Waals surface area (Å²) in [5.41, 5.74) is 1.36. The van der Waals surface area contributed by atoms with Gasteiger partial charge in [-0.2, -0.15) is 10.2 Å². The Morgan fingerprint density at radius 1 is 0.760 bits per heavy atom. The minimum Gasteiger partial charge on any atom is -0.871 e. The average molecular weight is 516 g/mol. The fourth-order valence-corrected chi connectivity index (χ4v) is 1.68. The van der Waals surface area contributed by atoms with E-state index in [9.17, 15) is 10.2 Å². The van der Waals surface area contributed by atoms with Crippen molar-refractivity contribution in [3.05, 3.63) is 78.6 Å². The first-order valence-electron chi connectivity index (χ1n) is 7.14. The van der Waals surface area contributed by atoms with Crippen molar-refractivity contribution in [2.45, 2.75) is 6.61 Å². The second-order valence-electron chi connectivity index (χ2n) is 4.65. The molecule has 0 saturated carbocycles. The first kappa shape index (κ1) is 20.5. The molecule has 0 fully saturated rings. The summed E-state index contributed by atoms with van der Waals surface area (Å²) in [5.74, 6) is -0.427. The molecule has 0 atom stereocenters. The smallest absolute Gasteiger partial charge is 0.871 e. The van der Waals surface area contributed by atoms with Gasteiger partial charge in [0.15, 0.2) is 0 Å². The molecule has 1 heterocycles. The Bertz CT molecular complexity index is 751. The van der Waals surface area contributed by atoms with Crippen LogP contribution in [0.1, 0.15) is 5.56 Å². The second kappa shape index (κ2) is 11.1. The molecule has 0 bridgehead atoms. The number of aliphatic hydroxyl groups is 1. The molecular weight excluding hydrogens is 501 g/mol. The van der Waals surface area contributed by atoms with Gasteiger partial charge in [-0.3, -0.25) is 4.98 Å². The van der Waals surface area contributed by atoms with Crippen LogP contribution in [0, 0.1) is 0 Å².